The van der Waals surface area contributed by atoms with Gasteiger partial charge in [0.15, 0.2) is 11.6 Å². The van der Waals surface area contributed by atoms with Crippen LogP contribution in [0.4, 0.5) is 32.1 Å². The van der Waals surface area contributed by atoms with E-state index in [0.717, 1.165) is 29.3 Å². The van der Waals surface area contributed by atoms with Crippen molar-refractivity contribution in [2.75, 3.05) is 23.9 Å². The third kappa shape index (κ3) is 3.64. The smallest absolute Gasteiger partial charge is 0.248 e. The van der Waals surface area contributed by atoms with Crippen molar-refractivity contribution in [3.8, 4) is 16.9 Å². The first-order valence-corrected chi connectivity index (χ1v) is 10.1. The minimum Gasteiger partial charge on any atom is -0.496 e. The first kappa shape index (κ1) is 20.0. The number of nitrogens with one attached hydrogen (secondary N) is 1. The number of ether oxygens (including phenoxy) is 1. The van der Waals surface area contributed by atoms with E-state index >= 15 is 0 Å². The molecule has 1 N–H and O–H groups in total. The van der Waals surface area contributed by atoms with Gasteiger partial charge in [-0.05, 0) is 30.7 Å². The Kier molecular flexibility index (Phi) is 4.96. The monoisotopic (exact) mass is 437 g/mol. The van der Waals surface area contributed by atoms with Crippen molar-refractivity contribution >= 4 is 23.3 Å². The molecular formula is C22H21F2N7O. The van der Waals surface area contributed by atoms with Gasteiger partial charge in [0.1, 0.15) is 5.75 Å². The molecule has 0 unspecified atom stereocenters. The van der Waals surface area contributed by atoms with Crippen LogP contribution < -0.4 is 15.0 Å². The summed E-state index contributed by atoms with van der Waals surface area (Å²) in [6.45, 7) is 1.32. The molecule has 2 aromatic heterocycles. The lowest BCUT2D eigenvalue weighted by Crippen LogP contribution is -2.28. The van der Waals surface area contributed by atoms with Crippen LogP contribution in [-0.2, 0) is 13.6 Å². The lowest BCUT2D eigenvalue weighted by molar-refractivity contribution is 0.416. The summed E-state index contributed by atoms with van der Waals surface area (Å²) in [6.07, 6.45) is 4.51. The third-order valence-electron chi connectivity index (χ3n) is 5.33. The fourth-order valence-electron chi connectivity index (χ4n) is 3.81. The highest BCUT2D eigenvalue weighted by Gasteiger charge is 2.23. The molecule has 0 amide bonds. The number of hydrogen-bond donors (Lipinski definition) is 1. The maximum Gasteiger partial charge on any atom is 0.248 e. The Morgan fingerprint density at radius 3 is 2.69 bits per heavy atom. The highest BCUT2D eigenvalue weighted by Crippen LogP contribution is 2.34. The number of hydrogen-bond acceptors (Lipinski definition) is 6. The molecule has 8 nitrogen and oxygen atoms in total. The van der Waals surface area contributed by atoms with Crippen molar-refractivity contribution in [2.24, 2.45) is 7.05 Å². The number of methoxy groups -OCH3 is 1. The fraction of sp³-hybridized carbons (Fsp3) is 0.227. The summed E-state index contributed by atoms with van der Waals surface area (Å²) in [4.78, 5) is 6.42. The molecule has 1 aliphatic rings. The van der Waals surface area contributed by atoms with E-state index in [1.54, 1.807) is 22.7 Å². The van der Waals surface area contributed by atoms with Gasteiger partial charge in [0, 0.05) is 61.0 Å². The van der Waals surface area contributed by atoms with Crippen LogP contribution in [0.1, 0.15) is 6.42 Å². The van der Waals surface area contributed by atoms with E-state index in [9.17, 15) is 8.78 Å². The van der Waals surface area contributed by atoms with Crippen molar-refractivity contribution in [1.29, 1.82) is 0 Å². The molecule has 0 fully saturated rings. The third-order valence-corrected chi connectivity index (χ3v) is 5.33. The minimum absolute atomic E-state index is 0.408. The highest BCUT2D eigenvalue weighted by molar-refractivity contribution is 5.73. The molecule has 0 radical (unpaired) electrons. The minimum atomic E-state index is -0.890. The molecule has 2 aromatic carbocycles. The van der Waals surface area contributed by atoms with Crippen LogP contribution in [-0.4, -0.2) is 38.2 Å². The van der Waals surface area contributed by atoms with Crippen LogP contribution in [0.25, 0.3) is 11.1 Å². The van der Waals surface area contributed by atoms with Gasteiger partial charge in [-0.25, -0.2) is 13.5 Å². The normalized spacial score (nSPS) is 13.2. The molecule has 3 heterocycles. The summed E-state index contributed by atoms with van der Waals surface area (Å²) in [5.74, 6) is -0.0960. The molecule has 0 aliphatic carbocycles. The zero-order chi connectivity index (χ0) is 22.2. The molecule has 5 rings (SSSR count). The topological polar surface area (TPSA) is 73.0 Å². The maximum atomic E-state index is 13.8. The Hall–Kier alpha value is -3.95. The lowest BCUT2D eigenvalue weighted by Gasteiger charge is -2.27. The first-order valence-electron chi connectivity index (χ1n) is 10.1. The van der Waals surface area contributed by atoms with Crippen molar-refractivity contribution in [1.82, 2.24) is 24.5 Å². The van der Waals surface area contributed by atoms with Gasteiger partial charge in [0.2, 0.25) is 11.9 Å². The largest absolute Gasteiger partial charge is 0.496 e. The summed E-state index contributed by atoms with van der Waals surface area (Å²) in [5, 5.41) is 12.0. The van der Waals surface area contributed by atoms with Gasteiger partial charge in [-0.2, -0.15) is 10.1 Å². The van der Waals surface area contributed by atoms with Crippen LogP contribution in [0.5, 0.6) is 5.75 Å². The van der Waals surface area contributed by atoms with E-state index in [1.807, 2.05) is 36.3 Å². The van der Waals surface area contributed by atoms with E-state index in [-0.39, 0.29) is 0 Å². The summed E-state index contributed by atoms with van der Waals surface area (Å²) >= 11 is 0. The van der Waals surface area contributed by atoms with Gasteiger partial charge in [-0.15, -0.1) is 5.10 Å². The van der Waals surface area contributed by atoms with Gasteiger partial charge >= 0.3 is 0 Å². The average molecular weight is 437 g/mol. The molecule has 0 saturated heterocycles. The molecule has 0 spiro atoms. The number of benzene rings is 2. The zero-order valence-corrected chi connectivity index (χ0v) is 17.6. The van der Waals surface area contributed by atoms with E-state index in [0.29, 0.717) is 36.4 Å². The van der Waals surface area contributed by atoms with Crippen LogP contribution in [0.15, 0.2) is 48.8 Å². The predicted octanol–water partition coefficient (Wildman–Crippen LogP) is 4.25. The van der Waals surface area contributed by atoms with Gasteiger partial charge in [0.05, 0.1) is 13.3 Å². The van der Waals surface area contributed by atoms with E-state index in [2.05, 4.69) is 20.5 Å². The zero-order valence-electron chi connectivity index (χ0n) is 17.6. The molecule has 10 heteroatoms. The molecule has 1 aliphatic heterocycles. The second-order valence-corrected chi connectivity index (χ2v) is 7.50. The Morgan fingerprint density at radius 1 is 1.06 bits per heavy atom. The SMILES string of the molecule is COc1cc(Nc2nc3n(n2)CCCN3c2ccc(F)c(F)c2)ccc1-c1cnn(C)c1. The molecule has 0 saturated carbocycles. The molecule has 0 bridgehead atoms. The van der Waals surface area contributed by atoms with Crippen molar-refractivity contribution < 1.29 is 13.5 Å². The second kappa shape index (κ2) is 7.95. The van der Waals surface area contributed by atoms with Gasteiger partial charge in [0.25, 0.3) is 0 Å². The first-order chi connectivity index (χ1) is 15.5. The average Bonchev–Trinajstić information content (AvgIpc) is 3.41. The van der Waals surface area contributed by atoms with Crippen LogP contribution in [0.2, 0.25) is 0 Å². The Bertz CT molecular complexity index is 1280. The van der Waals surface area contributed by atoms with E-state index in [1.165, 1.54) is 12.1 Å². The predicted molar refractivity (Wildman–Crippen MR) is 116 cm³/mol. The maximum absolute atomic E-state index is 13.8. The van der Waals surface area contributed by atoms with E-state index in [4.69, 9.17) is 4.74 Å². The number of aryl methyl sites for hydroxylation is 2. The van der Waals surface area contributed by atoms with E-state index < -0.39 is 11.6 Å². The van der Waals surface area contributed by atoms with Gasteiger partial charge in [-0.3, -0.25) is 4.68 Å². The number of anilines is 4. The summed E-state index contributed by atoms with van der Waals surface area (Å²) in [5.41, 5.74) is 3.17. The van der Waals surface area contributed by atoms with Crippen molar-refractivity contribution in [2.45, 2.75) is 13.0 Å². The second-order valence-electron chi connectivity index (χ2n) is 7.50. The van der Waals surface area contributed by atoms with Gasteiger partial charge in [-0.1, -0.05) is 0 Å². The molecule has 0 atom stereocenters. The van der Waals surface area contributed by atoms with Crippen LogP contribution in [0.3, 0.4) is 0 Å². The Balaban J connectivity index is 1.42. The van der Waals surface area contributed by atoms with Crippen molar-refractivity contribution in [3.63, 3.8) is 0 Å². The van der Waals surface area contributed by atoms with Crippen molar-refractivity contribution in [3.05, 3.63) is 60.4 Å². The Labute approximate surface area is 183 Å². The number of halogens is 2. The number of rotatable bonds is 5. The molecule has 164 valence electrons. The summed E-state index contributed by atoms with van der Waals surface area (Å²) < 4.78 is 36.2. The summed E-state index contributed by atoms with van der Waals surface area (Å²) in [7, 11) is 3.48. The standard InChI is InChI=1S/C22H21F2N7O/c1-29-13-14(12-25-29)17-6-4-15(10-20(17)32-2)26-21-27-22-30(8-3-9-31(22)28-21)16-5-7-18(23)19(24)11-16/h4-7,10-13H,3,8-9H2,1-2H3,(H,26,28). The lowest BCUT2D eigenvalue weighted by atomic mass is 10.1. The number of fused-ring (bicyclic) bond motifs is 1. The van der Waals surface area contributed by atoms with Gasteiger partial charge < -0.3 is 15.0 Å². The highest BCUT2D eigenvalue weighted by atomic mass is 19.2. The number of aromatic nitrogens is 5. The summed E-state index contributed by atoms with van der Waals surface area (Å²) in [6, 6.07) is 9.57. The molecule has 32 heavy (non-hydrogen) atoms. The van der Waals surface area contributed by atoms with Crippen LogP contribution in [0, 0.1) is 11.6 Å². The molecular weight excluding hydrogens is 416 g/mol. The molecule has 4 aromatic rings. The fourth-order valence-corrected chi connectivity index (χ4v) is 3.81. The quantitative estimate of drug-likeness (QED) is 0.503. The van der Waals surface area contributed by atoms with Crippen LogP contribution >= 0.6 is 0 Å². The number of nitrogens with zero attached hydrogens (tertiary/aromatic N) is 6. The Morgan fingerprint density at radius 2 is 1.94 bits per heavy atom.